The van der Waals surface area contributed by atoms with Gasteiger partial charge in [0, 0.05) is 25.2 Å². The molecule has 18 heavy (non-hydrogen) atoms. The first-order valence-corrected chi connectivity index (χ1v) is 6.51. The van der Waals surface area contributed by atoms with Crippen molar-refractivity contribution < 1.29 is 9.84 Å². The highest BCUT2D eigenvalue weighted by Crippen LogP contribution is 2.19. The fraction of sp³-hybridized carbons (Fsp3) is 0.571. The minimum atomic E-state index is 0.0898. The van der Waals surface area contributed by atoms with Crippen LogP contribution in [-0.4, -0.2) is 30.9 Å². The van der Waals surface area contributed by atoms with Crippen LogP contribution in [0.3, 0.4) is 0 Å². The van der Waals surface area contributed by atoms with E-state index < -0.39 is 0 Å². The molecule has 2 atom stereocenters. The van der Waals surface area contributed by atoms with Gasteiger partial charge in [0.05, 0.1) is 6.61 Å². The summed E-state index contributed by atoms with van der Waals surface area (Å²) in [7, 11) is 0. The molecular weight excluding hydrogens is 228 g/mol. The molecule has 4 N–H and O–H groups in total. The number of rotatable bonds is 8. The smallest absolute Gasteiger partial charge is 0.119 e. The third-order valence-corrected chi connectivity index (χ3v) is 2.85. The number of ether oxygens (including phenoxy) is 1. The summed E-state index contributed by atoms with van der Waals surface area (Å²) < 4.78 is 5.49. The zero-order chi connectivity index (χ0) is 13.4. The van der Waals surface area contributed by atoms with E-state index in [2.05, 4.69) is 5.32 Å². The highest BCUT2D eigenvalue weighted by atomic mass is 16.5. The molecule has 0 aromatic heterocycles. The SMILES string of the molecule is CCOc1cccc(C(CN)NC(C)CCO)c1. The third-order valence-electron chi connectivity index (χ3n) is 2.85. The van der Waals surface area contributed by atoms with Crippen LogP contribution in [0, 0.1) is 0 Å². The fourth-order valence-electron chi connectivity index (χ4n) is 1.91. The molecule has 4 heteroatoms. The molecular formula is C14H24N2O2. The Bertz CT molecular complexity index is 344. The highest BCUT2D eigenvalue weighted by molar-refractivity contribution is 5.30. The molecule has 0 aliphatic rings. The van der Waals surface area contributed by atoms with Crippen LogP contribution in [0.15, 0.2) is 24.3 Å². The molecule has 0 saturated carbocycles. The summed E-state index contributed by atoms with van der Waals surface area (Å²) in [5, 5.41) is 12.3. The summed E-state index contributed by atoms with van der Waals surface area (Å²) in [5.41, 5.74) is 6.93. The van der Waals surface area contributed by atoms with Crippen LogP contribution < -0.4 is 15.8 Å². The lowest BCUT2D eigenvalue weighted by molar-refractivity contribution is 0.263. The Kier molecular flexibility index (Phi) is 6.72. The Morgan fingerprint density at radius 2 is 2.22 bits per heavy atom. The van der Waals surface area contributed by atoms with Gasteiger partial charge in [-0.25, -0.2) is 0 Å². The van der Waals surface area contributed by atoms with E-state index in [1.165, 1.54) is 0 Å². The standard InChI is InChI=1S/C14H24N2O2/c1-3-18-13-6-4-5-12(9-13)14(10-15)16-11(2)7-8-17/h4-6,9,11,14,16-17H,3,7-8,10,15H2,1-2H3. The maximum Gasteiger partial charge on any atom is 0.119 e. The topological polar surface area (TPSA) is 67.5 Å². The molecule has 0 aliphatic carbocycles. The van der Waals surface area contributed by atoms with E-state index in [0.717, 1.165) is 17.7 Å². The zero-order valence-electron chi connectivity index (χ0n) is 11.2. The average molecular weight is 252 g/mol. The molecule has 2 unspecified atom stereocenters. The Morgan fingerprint density at radius 3 is 2.83 bits per heavy atom. The van der Waals surface area contributed by atoms with Gasteiger partial charge < -0.3 is 20.9 Å². The maximum absolute atomic E-state index is 8.92. The van der Waals surface area contributed by atoms with Crippen molar-refractivity contribution in [3.8, 4) is 5.75 Å². The molecule has 1 aromatic carbocycles. The van der Waals surface area contributed by atoms with Gasteiger partial charge in [0.2, 0.25) is 0 Å². The predicted octanol–water partition coefficient (Wildman–Crippen LogP) is 1.45. The van der Waals surface area contributed by atoms with Crippen molar-refractivity contribution in [1.82, 2.24) is 5.32 Å². The van der Waals surface area contributed by atoms with Crippen LogP contribution in [0.4, 0.5) is 0 Å². The van der Waals surface area contributed by atoms with Gasteiger partial charge in [-0.3, -0.25) is 0 Å². The van der Waals surface area contributed by atoms with Crippen LogP contribution in [0.5, 0.6) is 5.75 Å². The molecule has 0 spiro atoms. The second-order valence-electron chi connectivity index (χ2n) is 4.37. The van der Waals surface area contributed by atoms with E-state index >= 15 is 0 Å². The molecule has 1 aromatic rings. The van der Waals surface area contributed by atoms with Crippen molar-refractivity contribution in [2.75, 3.05) is 19.8 Å². The lowest BCUT2D eigenvalue weighted by Gasteiger charge is -2.22. The monoisotopic (exact) mass is 252 g/mol. The lowest BCUT2D eigenvalue weighted by Crippen LogP contribution is -2.35. The molecule has 0 radical (unpaired) electrons. The van der Waals surface area contributed by atoms with Gasteiger partial charge >= 0.3 is 0 Å². The number of hydrogen-bond donors (Lipinski definition) is 3. The van der Waals surface area contributed by atoms with E-state index in [1.807, 2.05) is 38.1 Å². The van der Waals surface area contributed by atoms with Gasteiger partial charge in [-0.1, -0.05) is 12.1 Å². The first kappa shape index (κ1) is 15.0. The molecule has 0 amide bonds. The Hall–Kier alpha value is -1.10. The van der Waals surface area contributed by atoms with E-state index in [4.69, 9.17) is 15.6 Å². The molecule has 0 bridgehead atoms. The van der Waals surface area contributed by atoms with E-state index in [9.17, 15) is 0 Å². The summed E-state index contributed by atoms with van der Waals surface area (Å²) in [6.45, 7) is 5.38. The van der Waals surface area contributed by atoms with E-state index in [1.54, 1.807) is 0 Å². The molecule has 0 aliphatic heterocycles. The zero-order valence-corrected chi connectivity index (χ0v) is 11.2. The van der Waals surface area contributed by atoms with E-state index in [0.29, 0.717) is 13.2 Å². The third kappa shape index (κ3) is 4.64. The first-order chi connectivity index (χ1) is 8.71. The van der Waals surface area contributed by atoms with Crippen molar-refractivity contribution in [2.24, 2.45) is 5.73 Å². The molecule has 4 nitrogen and oxygen atoms in total. The van der Waals surface area contributed by atoms with Crippen LogP contribution in [-0.2, 0) is 0 Å². The van der Waals surface area contributed by atoms with Gasteiger partial charge in [-0.15, -0.1) is 0 Å². The second-order valence-corrected chi connectivity index (χ2v) is 4.37. The number of nitrogens with two attached hydrogens (primary N) is 1. The minimum absolute atomic E-state index is 0.0898. The summed E-state index contributed by atoms with van der Waals surface area (Å²) in [6, 6.07) is 8.29. The molecule has 102 valence electrons. The quantitative estimate of drug-likeness (QED) is 0.655. The van der Waals surface area contributed by atoms with Gasteiger partial charge in [0.25, 0.3) is 0 Å². The summed E-state index contributed by atoms with van der Waals surface area (Å²) in [6.07, 6.45) is 0.724. The maximum atomic E-state index is 8.92. The Labute approximate surface area is 109 Å². The average Bonchev–Trinajstić information content (AvgIpc) is 2.37. The van der Waals surface area contributed by atoms with Crippen molar-refractivity contribution in [1.29, 1.82) is 0 Å². The Morgan fingerprint density at radius 1 is 1.44 bits per heavy atom. The van der Waals surface area contributed by atoms with Crippen molar-refractivity contribution in [2.45, 2.75) is 32.4 Å². The van der Waals surface area contributed by atoms with Gasteiger partial charge in [0.15, 0.2) is 0 Å². The van der Waals surface area contributed by atoms with Crippen LogP contribution in [0.2, 0.25) is 0 Å². The van der Waals surface area contributed by atoms with Gasteiger partial charge in [-0.05, 0) is 38.0 Å². The number of hydrogen-bond acceptors (Lipinski definition) is 4. The molecule has 0 fully saturated rings. The largest absolute Gasteiger partial charge is 0.494 e. The number of benzene rings is 1. The number of aliphatic hydroxyl groups is 1. The summed E-state index contributed by atoms with van der Waals surface area (Å²) in [5.74, 6) is 0.866. The van der Waals surface area contributed by atoms with Crippen LogP contribution in [0.1, 0.15) is 31.9 Å². The van der Waals surface area contributed by atoms with Crippen molar-refractivity contribution in [3.63, 3.8) is 0 Å². The van der Waals surface area contributed by atoms with Crippen molar-refractivity contribution in [3.05, 3.63) is 29.8 Å². The van der Waals surface area contributed by atoms with Gasteiger partial charge in [0.1, 0.15) is 5.75 Å². The normalized spacial score (nSPS) is 14.2. The summed E-state index contributed by atoms with van der Waals surface area (Å²) in [4.78, 5) is 0. The van der Waals surface area contributed by atoms with Crippen molar-refractivity contribution >= 4 is 0 Å². The molecule has 1 rings (SSSR count). The summed E-state index contributed by atoms with van der Waals surface area (Å²) >= 11 is 0. The highest BCUT2D eigenvalue weighted by Gasteiger charge is 2.13. The molecule has 0 heterocycles. The Balaban J connectivity index is 2.71. The molecule has 0 saturated heterocycles. The number of nitrogens with one attached hydrogen (secondary N) is 1. The first-order valence-electron chi connectivity index (χ1n) is 6.51. The van der Waals surface area contributed by atoms with E-state index in [-0.39, 0.29) is 18.7 Å². The van der Waals surface area contributed by atoms with Crippen LogP contribution >= 0.6 is 0 Å². The predicted molar refractivity (Wildman–Crippen MR) is 73.7 cm³/mol. The van der Waals surface area contributed by atoms with Crippen LogP contribution in [0.25, 0.3) is 0 Å². The number of aliphatic hydroxyl groups excluding tert-OH is 1. The second kappa shape index (κ2) is 8.08. The van der Waals surface area contributed by atoms with Gasteiger partial charge in [-0.2, -0.15) is 0 Å². The minimum Gasteiger partial charge on any atom is -0.494 e. The lowest BCUT2D eigenvalue weighted by atomic mass is 10.1. The fourth-order valence-corrected chi connectivity index (χ4v) is 1.91.